The predicted molar refractivity (Wildman–Crippen MR) is 233 cm³/mol. The van der Waals surface area contributed by atoms with E-state index >= 15 is 0 Å². The molecule has 2 saturated heterocycles. The van der Waals surface area contributed by atoms with Crippen molar-refractivity contribution in [1.82, 2.24) is 30.4 Å². The number of rotatable bonds is 10. The number of hydrogen-bond acceptors (Lipinski definition) is 10. The third-order valence-corrected chi connectivity index (χ3v) is 15.1. The molecular formula is C48H66F6N6O6. The molecule has 3 fully saturated rings. The van der Waals surface area contributed by atoms with Crippen molar-refractivity contribution in [3.05, 3.63) is 70.3 Å². The third kappa shape index (κ3) is 10.8. The number of fused-ring (bicyclic) bond motifs is 2. The molecule has 2 aromatic rings. The number of aromatic nitrogens is 2. The van der Waals surface area contributed by atoms with E-state index in [-0.39, 0.29) is 73.1 Å². The van der Waals surface area contributed by atoms with E-state index in [9.17, 15) is 35.9 Å². The highest BCUT2D eigenvalue weighted by Crippen LogP contribution is 2.47. The molecule has 6 aliphatic rings. The zero-order chi connectivity index (χ0) is 47.6. The van der Waals surface area contributed by atoms with Crippen molar-refractivity contribution in [2.24, 2.45) is 22.7 Å². The van der Waals surface area contributed by atoms with Gasteiger partial charge in [0.2, 0.25) is 11.8 Å². The van der Waals surface area contributed by atoms with Crippen LogP contribution in [0.25, 0.3) is 0 Å². The molecule has 2 amide bonds. The lowest BCUT2D eigenvalue weighted by Gasteiger charge is -2.40. The number of hydrogen-bond donors (Lipinski definition) is 2. The van der Waals surface area contributed by atoms with Gasteiger partial charge in [0.25, 0.3) is 0 Å². The maximum absolute atomic E-state index is 13.8. The highest BCUT2D eigenvalue weighted by molar-refractivity contribution is 5.86. The lowest BCUT2D eigenvalue weighted by molar-refractivity contribution is -0.146. The van der Waals surface area contributed by atoms with Crippen LogP contribution in [0.15, 0.2) is 36.7 Å². The number of ether oxygens (including phenoxy) is 4. The molecule has 0 unspecified atom stereocenters. The van der Waals surface area contributed by atoms with Crippen LogP contribution in [-0.4, -0.2) is 122 Å². The van der Waals surface area contributed by atoms with E-state index in [1.807, 2.05) is 19.9 Å². The Bertz CT molecular complexity index is 2050. The number of methoxy groups -OCH3 is 2. The summed E-state index contributed by atoms with van der Waals surface area (Å²) in [5, 5.41) is 7.34. The second kappa shape index (κ2) is 20.5. The Morgan fingerprint density at radius 1 is 0.742 bits per heavy atom. The minimum absolute atomic E-state index is 0.00238. The Morgan fingerprint density at radius 2 is 1.26 bits per heavy atom. The van der Waals surface area contributed by atoms with Crippen molar-refractivity contribution in [1.29, 1.82) is 0 Å². The maximum atomic E-state index is 13.8. The van der Waals surface area contributed by atoms with E-state index in [0.717, 1.165) is 56.6 Å². The number of carbonyl (C=O) groups excluding carboxylic acids is 2. The molecular weight excluding hydrogens is 871 g/mol. The van der Waals surface area contributed by atoms with Crippen LogP contribution in [0.4, 0.5) is 26.3 Å². The first-order valence-electron chi connectivity index (χ1n) is 23.4. The summed E-state index contributed by atoms with van der Waals surface area (Å²) in [6.45, 7) is 12.0. The molecule has 6 heterocycles. The van der Waals surface area contributed by atoms with Gasteiger partial charge in [-0.25, -0.2) is 0 Å². The van der Waals surface area contributed by atoms with Crippen LogP contribution in [0, 0.1) is 22.7 Å². The molecule has 2 aliphatic carbocycles. The number of nitrogens with one attached hydrogen (secondary N) is 2. The van der Waals surface area contributed by atoms with Crippen molar-refractivity contribution in [3.63, 3.8) is 0 Å². The molecule has 0 spiro atoms. The summed E-state index contributed by atoms with van der Waals surface area (Å²) in [7, 11) is 3.37. The fraction of sp³-hybridized carbons (Fsp3) is 0.708. The van der Waals surface area contributed by atoms with Crippen LogP contribution < -0.4 is 10.6 Å². The van der Waals surface area contributed by atoms with E-state index in [0.29, 0.717) is 81.3 Å². The molecule has 2 aromatic heterocycles. The summed E-state index contributed by atoms with van der Waals surface area (Å²) < 4.78 is 101. The van der Waals surface area contributed by atoms with Gasteiger partial charge in [-0.05, 0) is 73.6 Å². The van der Waals surface area contributed by atoms with Crippen LogP contribution in [0.2, 0.25) is 0 Å². The summed E-state index contributed by atoms with van der Waals surface area (Å²) >= 11 is 0. The topological polar surface area (TPSA) is 127 Å². The van der Waals surface area contributed by atoms with Crippen molar-refractivity contribution in [2.45, 2.75) is 141 Å². The first-order chi connectivity index (χ1) is 31.3. The van der Waals surface area contributed by atoms with Crippen molar-refractivity contribution >= 4 is 11.8 Å². The molecule has 0 bridgehead atoms. The summed E-state index contributed by atoms with van der Waals surface area (Å²) in [4.78, 5) is 39.1. The number of carbonyl (C=O) groups is 2. The number of nitrogens with zero attached hydrogens (tertiary/aromatic N) is 4. The SMILES string of the molecule is CO[C@@H]1COCC[C@@H]1N[C@@H]1C=C[C@@](C(=O)N2CCc3ncc(C(F)(F)F)cc3C2)(C(C)C)C1.CO[C@@H]1COCC[C@@H]1N[C@@H]1CC[C@@](C(=O)N2CCc3ncc(C(F)(F)F)cc3C2)(C(C)C)C1. The zero-order valence-electron chi connectivity index (χ0n) is 38.9. The molecule has 8 rings (SSSR count). The average molecular weight is 937 g/mol. The van der Waals surface area contributed by atoms with E-state index in [2.05, 4.69) is 40.5 Å². The highest BCUT2D eigenvalue weighted by atomic mass is 19.4. The minimum atomic E-state index is -4.45. The summed E-state index contributed by atoms with van der Waals surface area (Å²) in [6.07, 6.45) is 2.53. The number of halogens is 6. The predicted octanol–water partition coefficient (Wildman–Crippen LogP) is 6.92. The first-order valence-corrected chi connectivity index (χ1v) is 23.4. The average Bonchev–Trinajstić information content (AvgIpc) is 3.94. The van der Waals surface area contributed by atoms with Crippen LogP contribution in [0.3, 0.4) is 0 Å². The summed E-state index contributed by atoms with van der Waals surface area (Å²) in [5.74, 6) is 0.198. The van der Waals surface area contributed by atoms with Gasteiger partial charge in [0.1, 0.15) is 0 Å². The molecule has 0 aromatic carbocycles. The quantitative estimate of drug-likeness (QED) is 0.192. The van der Waals surface area contributed by atoms with Gasteiger partial charge in [0.05, 0.1) is 47.4 Å². The maximum Gasteiger partial charge on any atom is 0.417 e. The summed E-state index contributed by atoms with van der Waals surface area (Å²) in [6, 6.07) is 2.85. The summed E-state index contributed by atoms with van der Waals surface area (Å²) in [5.41, 5.74) is -0.479. The zero-order valence-corrected chi connectivity index (χ0v) is 38.9. The van der Waals surface area contributed by atoms with Gasteiger partial charge < -0.3 is 39.4 Å². The van der Waals surface area contributed by atoms with Gasteiger partial charge in [-0.3, -0.25) is 19.6 Å². The third-order valence-electron chi connectivity index (χ3n) is 15.1. The smallest absolute Gasteiger partial charge is 0.379 e. The Kier molecular flexibility index (Phi) is 15.6. The molecule has 1 saturated carbocycles. The van der Waals surface area contributed by atoms with Gasteiger partial charge in [0, 0.05) is 114 Å². The van der Waals surface area contributed by atoms with E-state index in [1.54, 1.807) is 24.0 Å². The Morgan fingerprint density at radius 3 is 1.74 bits per heavy atom. The minimum Gasteiger partial charge on any atom is -0.379 e. The van der Waals surface area contributed by atoms with Crippen molar-refractivity contribution in [2.75, 3.05) is 53.7 Å². The molecule has 4 aliphatic heterocycles. The van der Waals surface area contributed by atoms with Crippen LogP contribution in [0.1, 0.15) is 99.9 Å². The van der Waals surface area contributed by atoms with E-state index < -0.39 is 34.3 Å². The fourth-order valence-electron chi connectivity index (χ4n) is 10.9. The normalized spacial score (nSPS) is 30.3. The molecule has 0 radical (unpaired) electrons. The monoisotopic (exact) mass is 936 g/mol. The molecule has 366 valence electrons. The molecule has 66 heavy (non-hydrogen) atoms. The van der Waals surface area contributed by atoms with Gasteiger partial charge in [-0.15, -0.1) is 0 Å². The molecule has 12 nitrogen and oxygen atoms in total. The number of pyridine rings is 2. The second-order valence-electron chi connectivity index (χ2n) is 19.5. The number of alkyl halides is 6. The lowest BCUT2D eigenvalue weighted by Crippen LogP contribution is -2.52. The molecule has 18 heteroatoms. The van der Waals surface area contributed by atoms with Gasteiger partial charge in [-0.2, -0.15) is 26.3 Å². The van der Waals surface area contributed by atoms with Crippen molar-refractivity contribution in [3.8, 4) is 0 Å². The lowest BCUT2D eigenvalue weighted by atomic mass is 9.74. The molecule has 2 N–H and O–H groups in total. The van der Waals surface area contributed by atoms with E-state index in [1.165, 1.54) is 0 Å². The van der Waals surface area contributed by atoms with Gasteiger partial charge >= 0.3 is 12.4 Å². The highest BCUT2D eigenvalue weighted by Gasteiger charge is 2.51. The van der Waals surface area contributed by atoms with Crippen LogP contribution in [0.5, 0.6) is 0 Å². The van der Waals surface area contributed by atoms with Gasteiger partial charge in [-0.1, -0.05) is 39.8 Å². The largest absolute Gasteiger partial charge is 0.417 e. The first kappa shape index (κ1) is 50.2. The Balaban J connectivity index is 0.000000196. The van der Waals surface area contributed by atoms with Crippen molar-refractivity contribution < 1.29 is 54.9 Å². The fourth-order valence-corrected chi connectivity index (χ4v) is 10.9. The van der Waals surface area contributed by atoms with E-state index in [4.69, 9.17) is 18.9 Å². The second-order valence-corrected chi connectivity index (χ2v) is 19.5. The van der Waals surface area contributed by atoms with Gasteiger partial charge in [0.15, 0.2) is 0 Å². The Hall–Kier alpha value is -3.68. The standard InChI is InChI=1S/C24H34F3N3O3.C24H32F3N3O3/c2*1-15(2)23(7-4-18(11-23)29-20-6-9-33-14-21(20)32-3)22(31)30-8-5-19-16(13-30)10-17(12-28-19)24(25,26)27/h10,12,15,18,20-21,29H,4-9,11,13-14H2,1-3H3;4,7,10,12,15,18,20-21,29H,5-6,8-9,11,13-14H2,1-3H3/t2*18-,20+,21-,23+/m11/s1. The Labute approximate surface area is 383 Å². The number of amides is 2. The van der Waals surface area contributed by atoms with Crippen LogP contribution >= 0.6 is 0 Å². The van der Waals surface area contributed by atoms with Crippen LogP contribution in [-0.2, 0) is 66.8 Å². The molecule has 8 atom stereocenters.